The third kappa shape index (κ3) is 5.19. The molecule has 1 heterocycles. The van der Waals surface area contributed by atoms with E-state index in [1.54, 1.807) is 0 Å². The maximum absolute atomic E-state index is 12.6. The number of hydrogen-bond acceptors (Lipinski definition) is 2. The van der Waals surface area contributed by atoms with Crippen LogP contribution in [0, 0.1) is 5.92 Å². The van der Waals surface area contributed by atoms with Gasteiger partial charge in [0.15, 0.2) is 0 Å². The summed E-state index contributed by atoms with van der Waals surface area (Å²) in [5.74, 6) is 0.696. The first kappa shape index (κ1) is 19.2. The summed E-state index contributed by atoms with van der Waals surface area (Å²) in [4.78, 5) is 26.3. The largest absolute Gasteiger partial charge is 0.349 e. The van der Waals surface area contributed by atoms with Crippen molar-refractivity contribution in [2.75, 3.05) is 11.4 Å². The number of rotatable bonds is 7. The van der Waals surface area contributed by atoms with Crippen LogP contribution in [0.5, 0.6) is 0 Å². The maximum atomic E-state index is 12.6. The van der Waals surface area contributed by atoms with Crippen molar-refractivity contribution in [3.8, 4) is 0 Å². The van der Waals surface area contributed by atoms with E-state index in [1.165, 1.54) is 0 Å². The van der Waals surface area contributed by atoms with Crippen LogP contribution in [-0.2, 0) is 16.0 Å². The van der Waals surface area contributed by atoms with Gasteiger partial charge >= 0.3 is 0 Å². The highest BCUT2D eigenvalue weighted by Gasteiger charge is 2.21. The topological polar surface area (TPSA) is 49.4 Å². The monoisotopic (exact) mass is 364 g/mol. The second-order valence-corrected chi connectivity index (χ2v) is 7.65. The van der Waals surface area contributed by atoms with Gasteiger partial charge in [-0.1, -0.05) is 56.3 Å². The molecule has 3 rings (SSSR count). The van der Waals surface area contributed by atoms with Gasteiger partial charge in [0.1, 0.15) is 0 Å². The number of anilines is 1. The van der Waals surface area contributed by atoms with E-state index in [1.807, 2.05) is 47.4 Å². The molecule has 1 aliphatic heterocycles. The minimum Gasteiger partial charge on any atom is -0.349 e. The van der Waals surface area contributed by atoms with Gasteiger partial charge < -0.3 is 10.2 Å². The number of hydrogen-bond donors (Lipinski definition) is 1. The van der Waals surface area contributed by atoms with Crippen molar-refractivity contribution in [3.63, 3.8) is 0 Å². The molecule has 0 saturated carbocycles. The first-order chi connectivity index (χ1) is 13.0. The van der Waals surface area contributed by atoms with E-state index in [2.05, 4.69) is 31.3 Å². The zero-order chi connectivity index (χ0) is 19.2. The first-order valence-electron chi connectivity index (χ1n) is 9.76. The Morgan fingerprint density at radius 1 is 1.07 bits per heavy atom. The molecule has 2 amide bonds. The fraction of sp³-hybridized carbons (Fsp3) is 0.391. The van der Waals surface area contributed by atoms with Gasteiger partial charge in [-0.05, 0) is 42.0 Å². The van der Waals surface area contributed by atoms with Crippen LogP contribution in [-0.4, -0.2) is 18.4 Å². The van der Waals surface area contributed by atoms with Crippen LogP contribution in [0.15, 0.2) is 54.6 Å². The van der Waals surface area contributed by atoms with Crippen LogP contribution >= 0.6 is 0 Å². The zero-order valence-electron chi connectivity index (χ0n) is 16.2. The van der Waals surface area contributed by atoms with Gasteiger partial charge in [-0.3, -0.25) is 9.59 Å². The molecule has 1 saturated heterocycles. The van der Waals surface area contributed by atoms with Crippen LogP contribution in [0.1, 0.15) is 50.3 Å². The summed E-state index contributed by atoms with van der Waals surface area (Å²) in [5, 5.41) is 3.19. The summed E-state index contributed by atoms with van der Waals surface area (Å²) in [7, 11) is 0. The minimum absolute atomic E-state index is 0.0227. The molecule has 0 aromatic heterocycles. The van der Waals surface area contributed by atoms with E-state index in [-0.39, 0.29) is 17.9 Å². The van der Waals surface area contributed by atoms with Gasteiger partial charge in [0, 0.05) is 18.7 Å². The summed E-state index contributed by atoms with van der Waals surface area (Å²) in [6.45, 7) is 5.12. The molecule has 27 heavy (non-hydrogen) atoms. The van der Waals surface area contributed by atoms with E-state index in [0.29, 0.717) is 18.8 Å². The predicted octanol–water partition coefficient (Wildman–Crippen LogP) is 4.26. The van der Waals surface area contributed by atoms with E-state index in [9.17, 15) is 9.59 Å². The van der Waals surface area contributed by atoms with E-state index >= 15 is 0 Å². The number of nitrogens with one attached hydrogen (secondary N) is 1. The van der Waals surface area contributed by atoms with Crippen LogP contribution in [0.4, 0.5) is 5.69 Å². The average molecular weight is 364 g/mol. The summed E-state index contributed by atoms with van der Waals surface area (Å²) >= 11 is 0. The normalized spacial score (nSPS) is 15.2. The molecule has 1 atom stereocenters. The summed E-state index contributed by atoms with van der Waals surface area (Å²) in [6, 6.07) is 17.9. The van der Waals surface area contributed by atoms with Gasteiger partial charge in [0.25, 0.3) is 0 Å². The average Bonchev–Trinajstić information content (AvgIpc) is 3.08. The minimum atomic E-state index is 0.0227. The quantitative estimate of drug-likeness (QED) is 0.798. The van der Waals surface area contributed by atoms with Gasteiger partial charge in [-0.2, -0.15) is 0 Å². The molecular weight excluding hydrogens is 336 g/mol. The van der Waals surface area contributed by atoms with Crippen molar-refractivity contribution in [2.24, 2.45) is 5.92 Å². The fourth-order valence-corrected chi connectivity index (χ4v) is 3.58. The third-order valence-electron chi connectivity index (χ3n) is 4.93. The summed E-state index contributed by atoms with van der Waals surface area (Å²) < 4.78 is 0. The Balaban J connectivity index is 1.62. The Hall–Kier alpha value is -2.62. The molecule has 0 unspecified atom stereocenters. The van der Waals surface area contributed by atoms with Crippen LogP contribution in [0.25, 0.3) is 0 Å². The van der Waals surface area contributed by atoms with E-state index < -0.39 is 0 Å². The van der Waals surface area contributed by atoms with Gasteiger partial charge in [-0.25, -0.2) is 0 Å². The van der Waals surface area contributed by atoms with Crippen molar-refractivity contribution in [2.45, 2.75) is 45.6 Å². The van der Waals surface area contributed by atoms with E-state index in [0.717, 1.165) is 36.2 Å². The molecule has 0 radical (unpaired) electrons. The zero-order valence-corrected chi connectivity index (χ0v) is 16.2. The predicted molar refractivity (Wildman–Crippen MR) is 109 cm³/mol. The third-order valence-corrected chi connectivity index (χ3v) is 4.93. The second-order valence-electron chi connectivity index (χ2n) is 7.65. The molecule has 0 spiro atoms. The Labute approximate surface area is 161 Å². The van der Waals surface area contributed by atoms with Crippen molar-refractivity contribution in [3.05, 3.63) is 65.7 Å². The summed E-state index contributed by atoms with van der Waals surface area (Å²) in [5.41, 5.74) is 3.02. The molecular formula is C23H28N2O2. The van der Waals surface area contributed by atoms with Crippen LogP contribution in [0.2, 0.25) is 0 Å². The first-order valence-corrected chi connectivity index (χ1v) is 9.76. The lowest BCUT2D eigenvalue weighted by Gasteiger charge is -2.21. The fourth-order valence-electron chi connectivity index (χ4n) is 3.58. The Bertz CT molecular complexity index is 769. The lowest BCUT2D eigenvalue weighted by Crippen LogP contribution is -2.30. The summed E-state index contributed by atoms with van der Waals surface area (Å²) in [6.07, 6.45) is 2.79. The van der Waals surface area contributed by atoms with Gasteiger partial charge in [0.05, 0.1) is 12.5 Å². The smallest absolute Gasteiger partial charge is 0.227 e. The van der Waals surface area contributed by atoms with Crippen molar-refractivity contribution in [1.82, 2.24) is 5.32 Å². The lowest BCUT2D eigenvalue weighted by molar-refractivity contribution is -0.121. The number of nitrogens with zero attached hydrogens (tertiary/aromatic N) is 1. The Kier molecular flexibility index (Phi) is 6.28. The molecule has 2 aromatic rings. The molecule has 0 aliphatic carbocycles. The van der Waals surface area contributed by atoms with Crippen LogP contribution in [0.3, 0.4) is 0 Å². The van der Waals surface area contributed by atoms with Crippen molar-refractivity contribution in [1.29, 1.82) is 0 Å². The maximum Gasteiger partial charge on any atom is 0.227 e. The highest BCUT2D eigenvalue weighted by molar-refractivity contribution is 5.95. The Morgan fingerprint density at radius 2 is 1.78 bits per heavy atom. The molecule has 1 N–H and O–H groups in total. The Morgan fingerprint density at radius 3 is 2.37 bits per heavy atom. The highest BCUT2D eigenvalue weighted by atomic mass is 16.2. The second kappa shape index (κ2) is 8.85. The SMILES string of the molecule is CC(C)C[C@H](NC(=O)Cc1ccc(N2CCCC2=O)cc1)c1ccccc1. The number of benzene rings is 2. The lowest BCUT2D eigenvalue weighted by atomic mass is 9.96. The molecule has 142 valence electrons. The molecule has 1 aliphatic rings. The molecule has 2 aromatic carbocycles. The number of amides is 2. The van der Waals surface area contributed by atoms with Crippen LogP contribution < -0.4 is 10.2 Å². The van der Waals surface area contributed by atoms with Crippen molar-refractivity contribution < 1.29 is 9.59 Å². The van der Waals surface area contributed by atoms with Gasteiger partial charge in [-0.15, -0.1) is 0 Å². The van der Waals surface area contributed by atoms with E-state index in [4.69, 9.17) is 0 Å². The molecule has 1 fully saturated rings. The number of carbonyl (C=O) groups excluding carboxylic acids is 2. The standard InChI is InChI=1S/C23H28N2O2/c1-17(2)15-21(19-7-4-3-5-8-19)24-22(26)16-18-10-12-20(13-11-18)25-14-6-9-23(25)27/h3-5,7-8,10-13,17,21H,6,9,14-16H2,1-2H3,(H,24,26)/t21-/m0/s1. The highest BCUT2D eigenvalue weighted by Crippen LogP contribution is 2.23. The van der Waals surface area contributed by atoms with Crippen molar-refractivity contribution >= 4 is 17.5 Å². The van der Waals surface area contributed by atoms with Gasteiger partial charge in [0.2, 0.25) is 11.8 Å². The number of carbonyl (C=O) groups is 2. The molecule has 4 nitrogen and oxygen atoms in total. The molecule has 4 heteroatoms. The molecule has 0 bridgehead atoms.